The van der Waals surface area contributed by atoms with Crippen LogP contribution in [0.25, 0.3) is 22.2 Å². The lowest BCUT2D eigenvalue weighted by molar-refractivity contribution is 0.310. The Labute approximate surface area is 209 Å². The summed E-state index contributed by atoms with van der Waals surface area (Å²) in [6.07, 6.45) is 1.15. The van der Waals surface area contributed by atoms with E-state index in [1.54, 1.807) is 59.2 Å². The molecule has 0 radical (unpaired) electrons. The minimum Gasteiger partial charge on any atom is -0.493 e. The van der Waals surface area contributed by atoms with Crippen molar-refractivity contribution < 1.29 is 22.3 Å². The lowest BCUT2D eigenvalue weighted by Crippen LogP contribution is -2.31. The van der Waals surface area contributed by atoms with Crippen LogP contribution in [0.5, 0.6) is 11.5 Å². The van der Waals surface area contributed by atoms with Crippen LogP contribution >= 0.6 is 0 Å². The fourth-order valence-electron chi connectivity index (χ4n) is 4.52. The van der Waals surface area contributed by atoms with Gasteiger partial charge in [0.15, 0.2) is 11.5 Å². The molecule has 0 aliphatic rings. The molecule has 4 aromatic rings. The molecule has 1 atom stereocenters. The number of halogens is 1. The summed E-state index contributed by atoms with van der Waals surface area (Å²) in [6, 6.07) is 16.1. The Kier molecular flexibility index (Phi) is 7.21. The number of aromatic nitrogens is 2. The van der Waals surface area contributed by atoms with Gasteiger partial charge in [-0.2, -0.15) is 0 Å². The van der Waals surface area contributed by atoms with Crippen molar-refractivity contribution in [3.63, 3.8) is 0 Å². The molecule has 7 nitrogen and oxygen atoms in total. The number of hydrogen-bond donors (Lipinski definition) is 0. The molecule has 0 amide bonds. The smallest absolute Gasteiger partial charge is 0.329 e. The SMILES string of the molecule is CCOc1cc([C@@H](CS(C)(=O)=O)n2c(=O)n(CC)c3cc(-c4ccccc4F)ccc32)ccc1OC. The minimum atomic E-state index is -3.49. The standard InChI is InChI=1S/C27H29FN2O5S/c1-5-29-23-15-18(20-9-7-8-10-21(20)28)11-13-22(23)30(27(29)31)24(17-36(4,32)33)19-12-14-25(34-3)26(16-19)35-6-2/h7-16,24H,5-6,17H2,1-4H3/t24-/m1/s1. The van der Waals surface area contributed by atoms with Gasteiger partial charge >= 0.3 is 5.69 Å². The number of aryl methyl sites for hydroxylation is 1. The Morgan fingerprint density at radius 1 is 0.972 bits per heavy atom. The Hall–Kier alpha value is -3.59. The van der Waals surface area contributed by atoms with Crippen molar-refractivity contribution in [2.24, 2.45) is 0 Å². The van der Waals surface area contributed by atoms with Crippen LogP contribution in [-0.2, 0) is 16.4 Å². The summed E-state index contributed by atoms with van der Waals surface area (Å²) in [4.78, 5) is 13.7. The topological polar surface area (TPSA) is 79.5 Å². The molecule has 0 spiro atoms. The first-order valence-electron chi connectivity index (χ1n) is 11.7. The van der Waals surface area contributed by atoms with Crippen LogP contribution in [0.15, 0.2) is 65.5 Å². The van der Waals surface area contributed by atoms with Gasteiger partial charge in [0.25, 0.3) is 0 Å². The number of hydrogen-bond acceptors (Lipinski definition) is 5. The zero-order valence-corrected chi connectivity index (χ0v) is 21.5. The molecule has 0 fully saturated rings. The van der Waals surface area contributed by atoms with Crippen LogP contribution in [0, 0.1) is 5.82 Å². The third kappa shape index (κ3) is 4.88. The van der Waals surface area contributed by atoms with Crippen LogP contribution in [0.4, 0.5) is 4.39 Å². The predicted molar refractivity (Wildman–Crippen MR) is 139 cm³/mol. The first-order valence-corrected chi connectivity index (χ1v) is 13.7. The monoisotopic (exact) mass is 512 g/mol. The zero-order chi connectivity index (χ0) is 26.0. The Bertz CT molecular complexity index is 1570. The molecule has 1 aromatic heterocycles. The van der Waals surface area contributed by atoms with Gasteiger partial charge in [-0.1, -0.05) is 30.3 Å². The molecule has 190 valence electrons. The number of nitrogens with zero attached hydrogens (tertiary/aromatic N) is 2. The summed E-state index contributed by atoms with van der Waals surface area (Å²) in [5.41, 5.74) is 2.46. The van der Waals surface area contributed by atoms with Gasteiger partial charge in [-0.3, -0.25) is 9.13 Å². The van der Waals surface area contributed by atoms with Gasteiger partial charge in [0.1, 0.15) is 15.7 Å². The first kappa shape index (κ1) is 25.5. The van der Waals surface area contributed by atoms with E-state index >= 15 is 0 Å². The van der Waals surface area contributed by atoms with E-state index in [1.165, 1.54) is 17.7 Å². The Morgan fingerprint density at radius 3 is 2.36 bits per heavy atom. The van der Waals surface area contributed by atoms with E-state index in [9.17, 15) is 17.6 Å². The largest absolute Gasteiger partial charge is 0.493 e. The predicted octanol–water partition coefficient (Wildman–Crippen LogP) is 4.67. The van der Waals surface area contributed by atoms with Crippen molar-refractivity contribution in [3.8, 4) is 22.6 Å². The molecule has 0 aliphatic carbocycles. The summed E-state index contributed by atoms with van der Waals surface area (Å²) in [5, 5.41) is 0. The van der Waals surface area contributed by atoms with Crippen molar-refractivity contribution in [1.82, 2.24) is 9.13 Å². The van der Waals surface area contributed by atoms with E-state index < -0.39 is 15.9 Å². The third-order valence-electron chi connectivity index (χ3n) is 6.11. The molecule has 0 aliphatic heterocycles. The van der Waals surface area contributed by atoms with Crippen LogP contribution in [-0.4, -0.2) is 43.3 Å². The van der Waals surface area contributed by atoms with E-state index in [1.807, 2.05) is 13.8 Å². The number of benzene rings is 3. The first-order chi connectivity index (χ1) is 17.2. The van der Waals surface area contributed by atoms with Crippen LogP contribution in [0.3, 0.4) is 0 Å². The average Bonchev–Trinajstić information content (AvgIpc) is 3.12. The third-order valence-corrected chi connectivity index (χ3v) is 7.03. The highest BCUT2D eigenvalue weighted by Gasteiger charge is 2.26. The van der Waals surface area contributed by atoms with Crippen molar-refractivity contribution in [2.45, 2.75) is 26.4 Å². The minimum absolute atomic E-state index is 0.289. The number of imidazole rings is 1. The highest BCUT2D eigenvalue weighted by atomic mass is 32.2. The molecule has 0 bridgehead atoms. The van der Waals surface area contributed by atoms with Crippen LogP contribution in [0.1, 0.15) is 25.5 Å². The quantitative estimate of drug-likeness (QED) is 0.326. The van der Waals surface area contributed by atoms with Gasteiger partial charge in [-0.15, -0.1) is 0 Å². The number of methoxy groups -OCH3 is 1. The summed E-state index contributed by atoms with van der Waals surface area (Å²) in [7, 11) is -1.96. The van der Waals surface area contributed by atoms with Gasteiger partial charge in [0, 0.05) is 18.4 Å². The van der Waals surface area contributed by atoms with E-state index in [-0.39, 0.29) is 17.3 Å². The molecule has 0 N–H and O–H groups in total. The summed E-state index contributed by atoms with van der Waals surface area (Å²) < 4.78 is 53.6. The van der Waals surface area contributed by atoms with Crippen LogP contribution < -0.4 is 15.2 Å². The molecule has 1 heterocycles. The molecule has 4 rings (SSSR count). The maximum atomic E-state index is 14.5. The molecule has 9 heteroatoms. The van der Waals surface area contributed by atoms with E-state index in [4.69, 9.17) is 9.47 Å². The van der Waals surface area contributed by atoms with Crippen molar-refractivity contribution >= 4 is 20.9 Å². The molecule has 0 saturated carbocycles. The van der Waals surface area contributed by atoms with Gasteiger partial charge in [-0.25, -0.2) is 17.6 Å². The van der Waals surface area contributed by atoms with Gasteiger partial charge < -0.3 is 9.47 Å². The Balaban J connectivity index is 1.97. The summed E-state index contributed by atoms with van der Waals surface area (Å²) in [5.74, 6) is 0.322. The van der Waals surface area contributed by atoms with E-state index in [0.29, 0.717) is 52.4 Å². The van der Waals surface area contributed by atoms with Crippen molar-refractivity contribution in [2.75, 3.05) is 25.7 Å². The number of rotatable bonds is 9. The van der Waals surface area contributed by atoms with Crippen LogP contribution in [0.2, 0.25) is 0 Å². The summed E-state index contributed by atoms with van der Waals surface area (Å²) >= 11 is 0. The van der Waals surface area contributed by atoms with E-state index in [2.05, 4.69) is 0 Å². The zero-order valence-electron chi connectivity index (χ0n) is 20.7. The highest BCUT2D eigenvalue weighted by molar-refractivity contribution is 7.90. The molecule has 0 unspecified atom stereocenters. The van der Waals surface area contributed by atoms with Crippen molar-refractivity contribution in [3.05, 3.63) is 82.5 Å². The molecule has 36 heavy (non-hydrogen) atoms. The fourth-order valence-corrected chi connectivity index (χ4v) is 5.44. The maximum absolute atomic E-state index is 14.5. The second kappa shape index (κ2) is 10.2. The summed E-state index contributed by atoms with van der Waals surface area (Å²) in [6.45, 7) is 4.44. The second-order valence-electron chi connectivity index (χ2n) is 8.53. The van der Waals surface area contributed by atoms with Gasteiger partial charge in [0.05, 0.1) is 36.5 Å². The molecule has 0 saturated heterocycles. The van der Waals surface area contributed by atoms with Gasteiger partial charge in [-0.05, 0) is 55.3 Å². The van der Waals surface area contributed by atoms with Crippen molar-refractivity contribution in [1.29, 1.82) is 0 Å². The Morgan fingerprint density at radius 2 is 1.72 bits per heavy atom. The maximum Gasteiger partial charge on any atom is 0.329 e. The molecular weight excluding hydrogens is 483 g/mol. The number of sulfone groups is 1. The molecular formula is C27H29FN2O5S. The normalized spacial score (nSPS) is 12.6. The number of ether oxygens (including phenoxy) is 2. The molecule has 3 aromatic carbocycles. The second-order valence-corrected chi connectivity index (χ2v) is 10.7. The number of fused-ring (bicyclic) bond motifs is 1. The van der Waals surface area contributed by atoms with E-state index in [0.717, 1.165) is 6.26 Å². The fraction of sp³-hybridized carbons (Fsp3) is 0.296. The highest BCUT2D eigenvalue weighted by Crippen LogP contribution is 2.34. The lowest BCUT2D eigenvalue weighted by atomic mass is 10.0. The van der Waals surface area contributed by atoms with Gasteiger partial charge in [0.2, 0.25) is 0 Å². The average molecular weight is 513 g/mol. The lowest BCUT2D eigenvalue weighted by Gasteiger charge is -2.20.